The molecule has 0 aliphatic heterocycles. The molecule has 1 aromatic carbocycles. The number of aryl methyl sites for hydroxylation is 1. The zero-order valence-corrected chi connectivity index (χ0v) is 12.3. The molecule has 3 nitrogen and oxygen atoms in total. The number of aromatic amines is 1. The van der Waals surface area contributed by atoms with Gasteiger partial charge >= 0.3 is 0 Å². The van der Waals surface area contributed by atoms with Crippen LogP contribution in [0.2, 0.25) is 0 Å². The first kappa shape index (κ1) is 13.3. The molecule has 4 heteroatoms. The molecule has 0 bridgehead atoms. The van der Waals surface area contributed by atoms with Crippen molar-refractivity contribution in [1.82, 2.24) is 4.98 Å². The lowest BCUT2D eigenvalue weighted by atomic mass is 9.91. The summed E-state index contributed by atoms with van der Waals surface area (Å²) in [5, 5.41) is 3.58. The van der Waals surface area contributed by atoms with Gasteiger partial charge in [0.2, 0.25) is 5.56 Å². The van der Waals surface area contributed by atoms with Crippen LogP contribution in [0.25, 0.3) is 0 Å². The third-order valence-electron chi connectivity index (χ3n) is 3.76. The van der Waals surface area contributed by atoms with Crippen molar-refractivity contribution >= 4 is 17.4 Å². The summed E-state index contributed by atoms with van der Waals surface area (Å²) in [5.74, 6) is 0. The predicted molar refractivity (Wildman–Crippen MR) is 84.6 cm³/mol. The number of hydrogen-bond donors (Lipinski definition) is 2. The maximum absolute atomic E-state index is 11.4. The van der Waals surface area contributed by atoms with Gasteiger partial charge in [0.25, 0.3) is 0 Å². The number of hydrogen-bond acceptors (Lipinski definition) is 3. The second-order valence-corrected chi connectivity index (χ2v) is 5.95. The van der Waals surface area contributed by atoms with E-state index < -0.39 is 0 Å². The average molecular weight is 286 g/mol. The summed E-state index contributed by atoms with van der Waals surface area (Å²) < 4.78 is 0. The van der Waals surface area contributed by atoms with E-state index in [2.05, 4.69) is 40.8 Å². The number of aromatic nitrogens is 1. The summed E-state index contributed by atoms with van der Waals surface area (Å²) in [6.07, 6.45) is 5.25. The fourth-order valence-corrected chi connectivity index (χ4v) is 3.15. The summed E-state index contributed by atoms with van der Waals surface area (Å²) in [5.41, 5.74) is 3.44. The summed E-state index contributed by atoms with van der Waals surface area (Å²) in [7, 11) is 0. The van der Waals surface area contributed by atoms with Crippen LogP contribution in [-0.2, 0) is 6.42 Å². The highest BCUT2D eigenvalue weighted by atomic mass is 32.2. The van der Waals surface area contributed by atoms with Gasteiger partial charge in [-0.3, -0.25) is 4.79 Å². The SMILES string of the molecule is CSc1ccc(NC2CCCc3[nH]c(=O)ccc32)cc1. The van der Waals surface area contributed by atoms with Gasteiger partial charge in [0.05, 0.1) is 6.04 Å². The molecular weight excluding hydrogens is 268 g/mol. The number of H-pyrrole nitrogens is 1. The van der Waals surface area contributed by atoms with E-state index in [1.54, 1.807) is 17.8 Å². The molecular formula is C16H18N2OS. The van der Waals surface area contributed by atoms with Gasteiger partial charge in [-0.05, 0) is 61.4 Å². The summed E-state index contributed by atoms with van der Waals surface area (Å²) in [4.78, 5) is 15.6. The van der Waals surface area contributed by atoms with Crippen molar-refractivity contribution in [2.75, 3.05) is 11.6 Å². The Labute approximate surface area is 122 Å². The van der Waals surface area contributed by atoms with Crippen molar-refractivity contribution in [3.05, 3.63) is 58.0 Å². The summed E-state index contributed by atoms with van der Waals surface area (Å²) in [6, 6.07) is 12.4. The number of anilines is 1. The molecule has 2 N–H and O–H groups in total. The highest BCUT2D eigenvalue weighted by Gasteiger charge is 2.20. The lowest BCUT2D eigenvalue weighted by Crippen LogP contribution is -2.21. The van der Waals surface area contributed by atoms with E-state index in [4.69, 9.17) is 0 Å². The van der Waals surface area contributed by atoms with Crippen LogP contribution in [0.3, 0.4) is 0 Å². The van der Waals surface area contributed by atoms with E-state index in [9.17, 15) is 4.79 Å². The summed E-state index contributed by atoms with van der Waals surface area (Å²) >= 11 is 1.75. The van der Waals surface area contributed by atoms with E-state index in [1.807, 2.05) is 6.07 Å². The molecule has 104 valence electrons. The minimum atomic E-state index is -0.00581. The van der Waals surface area contributed by atoms with Crippen molar-refractivity contribution in [2.24, 2.45) is 0 Å². The van der Waals surface area contributed by atoms with Gasteiger partial charge in [0.1, 0.15) is 0 Å². The lowest BCUT2D eigenvalue weighted by Gasteiger charge is -2.26. The second-order valence-electron chi connectivity index (χ2n) is 5.07. The molecule has 0 saturated heterocycles. The molecule has 0 spiro atoms. The van der Waals surface area contributed by atoms with Crippen LogP contribution in [0.1, 0.15) is 30.1 Å². The Hall–Kier alpha value is -1.68. The standard InChI is InChI=1S/C16H18N2OS/c1-20-12-7-5-11(6-8-12)17-14-3-2-4-15-13(14)9-10-16(19)18-15/h5-10,14,17H,2-4H2,1H3,(H,18,19). The first-order valence-electron chi connectivity index (χ1n) is 6.89. The van der Waals surface area contributed by atoms with Crippen LogP contribution in [0.5, 0.6) is 0 Å². The van der Waals surface area contributed by atoms with Crippen molar-refractivity contribution in [3.63, 3.8) is 0 Å². The van der Waals surface area contributed by atoms with Crippen LogP contribution >= 0.6 is 11.8 Å². The first-order valence-corrected chi connectivity index (χ1v) is 8.11. The number of pyridine rings is 1. The van der Waals surface area contributed by atoms with Gasteiger partial charge in [-0.1, -0.05) is 0 Å². The van der Waals surface area contributed by atoms with Gasteiger partial charge < -0.3 is 10.3 Å². The third kappa shape index (κ3) is 2.75. The minimum Gasteiger partial charge on any atom is -0.378 e. The van der Waals surface area contributed by atoms with E-state index >= 15 is 0 Å². The molecule has 0 fully saturated rings. The Kier molecular flexibility index (Phi) is 3.83. The molecule has 1 aliphatic carbocycles. The Morgan fingerprint density at radius 1 is 1.20 bits per heavy atom. The molecule has 1 atom stereocenters. The number of rotatable bonds is 3. The number of benzene rings is 1. The molecule has 0 radical (unpaired) electrons. The normalized spacial score (nSPS) is 17.6. The van der Waals surface area contributed by atoms with Gasteiger partial charge in [-0.15, -0.1) is 11.8 Å². The number of thioether (sulfide) groups is 1. The zero-order chi connectivity index (χ0) is 13.9. The van der Waals surface area contributed by atoms with Gasteiger partial charge in [0, 0.05) is 22.3 Å². The molecule has 20 heavy (non-hydrogen) atoms. The van der Waals surface area contributed by atoms with Gasteiger partial charge in [-0.2, -0.15) is 0 Å². The third-order valence-corrected chi connectivity index (χ3v) is 4.51. The van der Waals surface area contributed by atoms with Crippen LogP contribution < -0.4 is 10.9 Å². The van der Waals surface area contributed by atoms with Crippen LogP contribution in [0.4, 0.5) is 5.69 Å². The Bertz CT molecular complexity index is 648. The van der Waals surface area contributed by atoms with Crippen LogP contribution in [0, 0.1) is 0 Å². The molecule has 0 amide bonds. The highest BCUT2D eigenvalue weighted by Crippen LogP contribution is 2.31. The minimum absolute atomic E-state index is 0.00581. The predicted octanol–water partition coefficient (Wildman–Crippen LogP) is 3.59. The number of nitrogens with one attached hydrogen (secondary N) is 2. The van der Waals surface area contributed by atoms with E-state index in [0.717, 1.165) is 30.6 Å². The zero-order valence-electron chi connectivity index (χ0n) is 11.5. The smallest absolute Gasteiger partial charge is 0.248 e. The fourth-order valence-electron chi connectivity index (χ4n) is 2.74. The van der Waals surface area contributed by atoms with Crippen LogP contribution in [-0.4, -0.2) is 11.2 Å². The molecule has 0 saturated carbocycles. The maximum atomic E-state index is 11.4. The number of fused-ring (bicyclic) bond motifs is 1. The highest BCUT2D eigenvalue weighted by molar-refractivity contribution is 7.98. The first-order chi connectivity index (χ1) is 9.76. The molecule has 1 aliphatic rings. The molecule has 1 aromatic heterocycles. The quantitative estimate of drug-likeness (QED) is 0.848. The lowest BCUT2D eigenvalue weighted by molar-refractivity contribution is 0.587. The van der Waals surface area contributed by atoms with Crippen molar-refractivity contribution in [3.8, 4) is 0 Å². The Morgan fingerprint density at radius 2 is 2.00 bits per heavy atom. The second kappa shape index (κ2) is 5.75. The van der Waals surface area contributed by atoms with E-state index in [-0.39, 0.29) is 11.6 Å². The van der Waals surface area contributed by atoms with Crippen LogP contribution in [0.15, 0.2) is 46.1 Å². The van der Waals surface area contributed by atoms with Crippen molar-refractivity contribution < 1.29 is 0 Å². The maximum Gasteiger partial charge on any atom is 0.248 e. The largest absolute Gasteiger partial charge is 0.378 e. The fraction of sp³-hybridized carbons (Fsp3) is 0.312. The van der Waals surface area contributed by atoms with E-state index in [0.29, 0.717) is 0 Å². The Balaban J connectivity index is 1.83. The average Bonchev–Trinajstić information content (AvgIpc) is 2.48. The van der Waals surface area contributed by atoms with Crippen molar-refractivity contribution in [2.45, 2.75) is 30.2 Å². The molecule has 3 rings (SSSR count). The molecule has 1 unspecified atom stereocenters. The van der Waals surface area contributed by atoms with Crippen molar-refractivity contribution in [1.29, 1.82) is 0 Å². The molecule has 2 aromatic rings. The topological polar surface area (TPSA) is 44.9 Å². The van der Waals surface area contributed by atoms with E-state index in [1.165, 1.54) is 10.5 Å². The molecule has 1 heterocycles. The summed E-state index contributed by atoms with van der Waals surface area (Å²) in [6.45, 7) is 0. The van der Waals surface area contributed by atoms with Gasteiger partial charge in [0.15, 0.2) is 0 Å². The Morgan fingerprint density at radius 3 is 2.75 bits per heavy atom. The monoisotopic (exact) mass is 286 g/mol. The van der Waals surface area contributed by atoms with Gasteiger partial charge in [-0.25, -0.2) is 0 Å².